The van der Waals surface area contributed by atoms with Gasteiger partial charge in [0.1, 0.15) is 11.6 Å². The second kappa shape index (κ2) is 5.85. The molecule has 0 fully saturated rings. The molecule has 1 rings (SSSR count). The Balaban J connectivity index is 2.69. The number of rotatable bonds is 3. The molecule has 0 bridgehead atoms. The largest absolute Gasteiger partial charge is 0.452 e. The molecule has 0 aliphatic heterocycles. The molecule has 0 saturated carbocycles. The molecular weight excluding hydrogens is 270 g/mol. The lowest BCUT2D eigenvalue weighted by Crippen LogP contribution is -2.42. The van der Waals surface area contributed by atoms with Crippen LogP contribution < -0.4 is 11.1 Å². The normalized spacial score (nSPS) is 11.1. The molecule has 0 spiro atoms. The Bertz CT molecular complexity index is 539. The lowest BCUT2D eigenvalue weighted by atomic mass is 10.1. The fraction of sp³-hybridized carbons (Fsp3) is 0.385. The molecule has 7 heteroatoms. The van der Waals surface area contributed by atoms with E-state index in [1.807, 2.05) is 0 Å². The highest BCUT2D eigenvalue weighted by atomic mass is 19.1. The van der Waals surface area contributed by atoms with Crippen LogP contribution in [0.25, 0.3) is 0 Å². The third-order valence-corrected chi connectivity index (χ3v) is 2.16. The summed E-state index contributed by atoms with van der Waals surface area (Å²) < 4.78 is 31.2. The summed E-state index contributed by atoms with van der Waals surface area (Å²) in [5, 5.41) is 2.56. The second-order valence-electron chi connectivity index (χ2n) is 5.23. The van der Waals surface area contributed by atoms with Crippen molar-refractivity contribution in [2.75, 3.05) is 12.3 Å². The van der Waals surface area contributed by atoms with Crippen LogP contribution >= 0.6 is 0 Å². The molecule has 3 N–H and O–H groups in total. The Morgan fingerprint density at radius 2 is 1.85 bits per heavy atom. The van der Waals surface area contributed by atoms with Gasteiger partial charge in [0.25, 0.3) is 5.91 Å². The maximum Gasteiger partial charge on any atom is 0.341 e. The number of nitrogens with two attached hydrogens (primary N) is 1. The molecule has 1 aromatic carbocycles. The minimum absolute atomic E-state index is 0.412. The van der Waals surface area contributed by atoms with E-state index in [1.54, 1.807) is 20.8 Å². The van der Waals surface area contributed by atoms with Crippen LogP contribution in [-0.4, -0.2) is 24.0 Å². The molecule has 0 radical (unpaired) electrons. The number of anilines is 1. The summed E-state index contributed by atoms with van der Waals surface area (Å²) in [4.78, 5) is 23.0. The van der Waals surface area contributed by atoms with E-state index in [1.165, 1.54) is 0 Å². The quantitative estimate of drug-likeness (QED) is 0.653. The zero-order valence-corrected chi connectivity index (χ0v) is 11.4. The van der Waals surface area contributed by atoms with Gasteiger partial charge in [0.15, 0.2) is 6.61 Å². The Labute approximate surface area is 115 Å². The summed E-state index contributed by atoms with van der Waals surface area (Å²) in [5.41, 5.74) is 3.64. The SMILES string of the molecule is CC(C)(C)NC(=O)COC(=O)c1cc(F)c(N)cc1F. The monoisotopic (exact) mass is 286 g/mol. The van der Waals surface area contributed by atoms with Crippen LogP contribution in [0.3, 0.4) is 0 Å². The zero-order chi connectivity index (χ0) is 15.5. The van der Waals surface area contributed by atoms with E-state index in [2.05, 4.69) is 10.1 Å². The maximum atomic E-state index is 13.4. The van der Waals surface area contributed by atoms with Crippen LogP contribution in [0.1, 0.15) is 31.1 Å². The van der Waals surface area contributed by atoms with Gasteiger partial charge in [-0.1, -0.05) is 0 Å². The van der Waals surface area contributed by atoms with Crippen LogP contribution in [0.4, 0.5) is 14.5 Å². The van der Waals surface area contributed by atoms with Crippen LogP contribution in [0.2, 0.25) is 0 Å². The van der Waals surface area contributed by atoms with Gasteiger partial charge in [0.2, 0.25) is 0 Å². The van der Waals surface area contributed by atoms with Gasteiger partial charge in [-0.3, -0.25) is 4.79 Å². The Kier molecular flexibility index (Phi) is 4.65. The number of carbonyl (C=O) groups is 2. The summed E-state index contributed by atoms with van der Waals surface area (Å²) in [5.74, 6) is -3.62. The lowest BCUT2D eigenvalue weighted by Gasteiger charge is -2.20. The van der Waals surface area contributed by atoms with E-state index in [4.69, 9.17) is 5.73 Å². The van der Waals surface area contributed by atoms with Gasteiger partial charge in [-0.05, 0) is 26.8 Å². The summed E-state index contributed by atoms with van der Waals surface area (Å²) in [7, 11) is 0. The van der Waals surface area contributed by atoms with Gasteiger partial charge in [-0.25, -0.2) is 13.6 Å². The molecule has 20 heavy (non-hydrogen) atoms. The van der Waals surface area contributed by atoms with Gasteiger partial charge < -0.3 is 15.8 Å². The number of amides is 1. The molecule has 1 amide bonds. The van der Waals surface area contributed by atoms with Crippen LogP contribution in [-0.2, 0) is 9.53 Å². The van der Waals surface area contributed by atoms with Crippen molar-refractivity contribution in [3.8, 4) is 0 Å². The zero-order valence-electron chi connectivity index (χ0n) is 11.4. The number of carbonyl (C=O) groups excluding carboxylic acids is 2. The van der Waals surface area contributed by atoms with Crippen molar-refractivity contribution in [3.63, 3.8) is 0 Å². The van der Waals surface area contributed by atoms with Gasteiger partial charge in [-0.15, -0.1) is 0 Å². The molecule has 0 unspecified atom stereocenters. The maximum absolute atomic E-state index is 13.4. The number of halogens is 2. The lowest BCUT2D eigenvalue weighted by molar-refractivity contribution is -0.125. The van der Waals surface area contributed by atoms with Gasteiger partial charge in [-0.2, -0.15) is 0 Å². The molecule has 0 aromatic heterocycles. The fourth-order valence-corrected chi connectivity index (χ4v) is 1.38. The first kappa shape index (κ1) is 15.9. The van der Waals surface area contributed by atoms with Crippen LogP contribution in [0.5, 0.6) is 0 Å². The molecule has 0 heterocycles. The van der Waals surface area contributed by atoms with Crippen molar-refractivity contribution >= 4 is 17.6 Å². The summed E-state index contributed by atoms with van der Waals surface area (Å²) in [6.45, 7) is 4.67. The molecule has 0 aliphatic carbocycles. The summed E-state index contributed by atoms with van der Waals surface area (Å²) >= 11 is 0. The van der Waals surface area contributed by atoms with E-state index >= 15 is 0 Å². The molecular formula is C13H16F2N2O3. The van der Waals surface area contributed by atoms with Crippen molar-refractivity contribution in [2.45, 2.75) is 26.3 Å². The highest BCUT2D eigenvalue weighted by Crippen LogP contribution is 2.17. The molecule has 1 aromatic rings. The van der Waals surface area contributed by atoms with Gasteiger partial charge in [0, 0.05) is 11.6 Å². The van der Waals surface area contributed by atoms with Crippen molar-refractivity contribution in [1.82, 2.24) is 5.32 Å². The standard InChI is InChI=1S/C13H16F2N2O3/c1-13(2,3)17-11(18)6-20-12(19)7-4-9(15)10(16)5-8(7)14/h4-5H,6,16H2,1-3H3,(H,17,18). The van der Waals surface area contributed by atoms with E-state index in [9.17, 15) is 18.4 Å². The fourth-order valence-electron chi connectivity index (χ4n) is 1.38. The number of benzene rings is 1. The third kappa shape index (κ3) is 4.49. The third-order valence-electron chi connectivity index (χ3n) is 2.16. The number of nitrogen functional groups attached to an aromatic ring is 1. The predicted octanol–water partition coefficient (Wildman–Crippen LogP) is 1.62. The smallest absolute Gasteiger partial charge is 0.341 e. The first-order valence-corrected chi connectivity index (χ1v) is 5.83. The average Bonchev–Trinajstić information content (AvgIpc) is 2.28. The van der Waals surface area contributed by atoms with E-state index in [0.717, 1.165) is 0 Å². The number of hydrogen-bond donors (Lipinski definition) is 2. The second-order valence-corrected chi connectivity index (χ2v) is 5.23. The number of ether oxygens (including phenoxy) is 1. The Morgan fingerprint density at radius 1 is 1.25 bits per heavy atom. The van der Waals surface area contributed by atoms with Gasteiger partial charge >= 0.3 is 5.97 Å². The van der Waals surface area contributed by atoms with E-state index in [0.29, 0.717) is 12.1 Å². The minimum Gasteiger partial charge on any atom is -0.452 e. The van der Waals surface area contributed by atoms with Crippen LogP contribution in [0, 0.1) is 11.6 Å². The molecule has 0 aliphatic rings. The van der Waals surface area contributed by atoms with E-state index in [-0.39, 0.29) is 0 Å². The Morgan fingerprint density at radius 3 is 2.40 bits per heavy atom. The molecule has 5 nitrogen and oxygen atoms in total. The number of nitrogens with one attached hydrogen (secondary N) is 1. The first-order valence-electron chi connectivity index (χ1n) is 5.83. The van der Waals surface area contributed by atoms with E-state index < -0.39 is 46.9 Å². The van der Waals surface area contributed by atoms with Crippen molar-refractivity contribution < 1.29 is 23.1 Å². The first-order chi connectivity index (χ1) is 9.10. The van der Waals surface area contributed by atoms with Crippen LogP contribution in [0.15, 0.2) is 12.1 Å². The molecule has 0 saturated heterocycles. The van der Waals surface area contributed by atoms with Crippen molar-refractivity contribution in [1.29, 1.82) is 0 Å². The Hall–Kier alpha value is -2.18. The minimum atomic E-state index is -1.13. The van der Waals surface area contributed by atoms with Crippen molar-refractivity contribution in [2.24, 2.45) is 0 Å². The van der Waals surface area contributed by atoms with Crippen molar-refractivity contribution in [3.05, 3.63) is 29.3 Å². The predicted molar refractivity (Wildman–Crippen MR) is 68.9 cm³/mol. The molecule has 0 atom stereocenters. The average molecular weight is 286 g/mol. The topological polar surface area (TPSA) is 81.4 Å². The highest BCUT2D eigenvalue weighted by molar-refractivity contribution is 5.92. The number of hydrogen-bond acceptors (Lipinski definition) is 4. The molecule has 110 valence electrons. The summed E-state index contributed by atoms with van der Waals surface area (Å²) in [6.07, 6.45) is 0. The highest BCUT2D eigenvalue weighted by Gasteiger charge is 2.19. The van der Waals surface area contributed by atoms with Gasteiger partial charge in [0.05, 0.1) is 11.3 Å². The summed E-state index contributed by atoms with van der Waals surface area (Å²) in [6, 6.07) is 1.32. The number of esters is 1.